The molecule has 0 aromatic heterocycles. The van der Waals surface area contributed by atoms with Crippen molar-refractivity contribution in [3.05, 3.63) is 59.4 Å². The van der Waals surface area contributed by atoms with Crippen LogP contribution in [0.5, 0.6) is 0 Å². The van der Waals surface area contributed by atoms with Gasteiger partial charge in [0.1, 0.15) is 5.82 Å². The second-order valence-corrected chi connectivity index (χ2v) is 5.89. The maximum Gasteiger partial charge on any atom is 0.307 e. The third-order valence-electron chi connectivity index (χ3n) is 4.38. The van der Waals surface area contributed by atoms with Gasteiger partial charge in [0.25, 0.3) is 0 Å². The summed E-state index contributed by atoms with van der Waals surface area (Å²) in [5.41, 5.74) is 2.94. The lowest BCUT2D eigenvalue weighted by Gasteiger charge is -2.14. The molecule has 1 fully saturated rings. The molecule has 0 amide bonds. The third kappa shape index (κ3) is 2.74. The molecule has 2 N–H and O–H groups in total. The number of hydrogen-bond acceptors (Lipinski definition) is 2. The highest BCUT2D eigenvalue weighted by atomic mass is 19.1. The number of halogens is 1. The molecule has 0 unspecified atom stereocenters. The Morgan fingerprint density at radius 3 is 2.36 bits per heavy atom. The minimum Gasteiger partial charge on any atom is -0.481 e. The molecule has 1 aliphatic rings. The van der Waals surface area contributed by atoms with Gasteiger partial charge in [-0.2, -0.15) is 0 Å². The van der Waals surface area contributed by atoms with Gasteiger partial charge in [0.05, 0.1) is 13.0 Å². The molecule has 0 aliphatic heterocycles. The fraction of sp³-hybridized carbons (Fsp3) is 0.278. The van der Waals surface area contributed by atoms with E-state index in [0.717, 1.165) is 24.0 Å². The van der Waals surface area contributed by atoms with Crippen LogP contribution in [0.4, 0.5) is 4.39 Å². The van der Waals surface area contributed by atoms with Crippen molar-refractivity contribution < 1.29 is 19.4 Å². The molecule has 3 rings (SSSR count). The molecule has 0 bridgehead atoms. The van der Waals surface area contributed by atoms with Crippen molar-refractivity contribution in [2.24, 2.45) is 0 Å². The molecule has 4 heteroatoms. The van der Waals surface area contributed by atoms with E-state index in [9.17, 15) is 14.3 Å². The Hall–Kier alpha value is -2.20. The third-order valence-corrected chi connectivity index (χ3v) is 4.38. The van der Waals surface area contributed by atoms with Gasteiger partial charge in [-0.05, 0) is 47.2 Å². The van der Waals surface area contributed by atoms with E-state index >= 15 is 0 Å². The number of carbonyl (C=O) groups is 1. The zero-order valence-corrected chi connectivity index (χ0v) is 12.1. The van der Waals surface area contributed by atoms with Gasteiger partial charge >= 0.3 is 5.97 Å². The van der Waals surface area contributed by atoms with E-state index in [2.05, 4.69) is 0 Å². The summed E-state index contributed by atoms with van der Waals surface area (Å²) in [5, 5.41) is 18.4. The van der Waals surface area contributed by atoms with Crippen LogP contribution in [0.3, 0.4) is 0 Å². The summed E-state index contributed by atoms with van der Waals surface area (Å²) in [5.74, 6) is -1.33. The first-order valence-electron chi connectivity index (χ1n) is 7.26. The molecule has 22 heavy (non-hydrogen) atoms. The number of hydrogen-bond donors (Lipinski definition) is 2. The SMILES string of the molecule is O=C(O)Cc1ccc(F)cc1-c1ccc(C2(CO)CC2)cc1. The molecule has 0 atom stereocenters. The van der Waals surface area contributed by atoms with Crippen molar-refractivity contribution in [1.29, 1.82) is 0 Å². The normalized spacial score (nSPS) is 15.5. The van der Waals surface area contributed by atoms with E-state index < -0.39 is 5.97 Å². The molecule has 2 aromatic rings. The van der Waals surface area contributed by atoms with Crippen LogP contribution in [0.2, 0.25) is 0 Å². The van der Waals surface area contributed by atoms with Gasteiger partial charge in [0.15, 0.2) is 0 Å². The van der Waals surface area contributed by atoms with Crippen molar-refractivity contribution in [2.75, 3.05) is 6.61 Å². The van der Waals surface area contributed by atoms with Crippen LogP contribution in [-0.4, -0.2) is 22.8 Å². The Bertz CT molecular complexity index is 703. The van der Waals surface area contributed by atoms with Crippen LogP contribution >= 0.6 is 0 Å². The second kappa shape index (κ2) is 5.54. The van der Waals surface area contributed by atoms with Gasteiger partial charge in [0.2, 0.25) is 0 Å². The zero-order chi connectivity index (χ0) is 15.7. The van der Waals surface area contributed by atoms with Gasteiger partial charge in [-0.3, -0.25) is 4.79 Å². The quantitative estimate of drug-likeness (QED) is 0.892. The molecule has 0 saturated heterocycles. The van der Waals surface area contributed by atoms with Crippen LogP contribution in [-0.2, 0) is 16.6 Å². The predicted octanol–water partition coefficient (Wildman–Crippen LogP) is 3.14. The van der Waals surface area contributed by atoms with Crippen molar-refractivity contribution in [3.8, 4) is 11.1 Å². The van der Waals surface area contributed by atoms with Crippen molar-refractivity contribution in [2.45, 2.75) is 24.7 Å². The smallest absolute Gasteiger partial charge is 0.307 e. The molecule has 1 saturated carbocycles. The Kier molecular flexibility index (Phi) is 3.71. The number of carboxylic acids is 1. The van der Waals surface area contributed by atoms with Crippen molar-refractivity contribution in [3.63, 3.8) is 0 Å². The molecule has 0 heterocycles. The van der Waals surface area contributed by atoms with Gasteiger partial charge < -0.3 is 10.2 Å². The maximum atomic E-state index is 13.5. The Morgan fingerprint density at radius 2 is 1.82 bits per heavy atom. The Labute approximate surface area is 128 Å². The van der Waals surface area contributed by atoms with Crippen LogP contribution in [0.25, 0.3) is 11.1 Å². The molecular formula is C18H17FO3. The number of carboxylic acid groups (broad SMARTS) is 1. The highest BCUT2D eigenvalue weighted by Crippen LogP contribution is 2.47. The summed E-state index contributed by atoms with van der Waals surface area (Å²) < 4.78 is 13.5. The Balaban J connectivity index is 1.97. The fourth-order valence-corrected chi connectivity index (χ4v) is 2.83. The summed E-state index contributed by atoms with van der Waals surface area (Å²) in [6, 6.07) is 11.8. The number of aliphatic hydroxyl groups is 1. The number of aliphatic carboxylic acids is 1. The molecule has 2 aromatic carbocycles. The molecule has 0 radical (unpaired) electrons. The Morgan fingerprint density at radius 1 is 1.14 bits per heavy atom. The van der Waals surface area contributed by atoms with E-state index in [4.69, 9.17) is 5.11 Å². The number of rotatable bonds is 5. The van der Waals surface area contributed by atoms with Gasteiger partial charge in [-0.1, -0.05) is 30.3 Å². The average Bonchev–Trinajstić information content (AvgIpc) is 3.30. The van der Waals surface area contributed by atoms with Crippen LogP contribution in [0, 0.1) is 5.82 Å². The minimum absolute atomic E-state index is 0.107. The first kappa shape index (κ1) is 14.7. The van der Waals surface area contributed by atoms with E-state index in [1.807, 2.05) is 24.3 Å². The summed E-state index contributed by atoms with van der Waals surface area (Å²) >= 11 is 0. The first-order valence-corrected chi connectivity index (χ1v) is 7.26. The highest BCUT2D eigenvalue weighted by Gasteiger charge is 2.43. The average molecular weight is 300 g/mol. The van der Waals surface area contributed by atoms with Crippen LogP contribution < -0.4 is 0 Å². The summed E-state index contributed by atoms with van der Waals surface area (Å²) in [4.78, 5) is 10.9. The number of benzene rings is 2. The lowest BCUT2D eigenvalue weighted by molar-refractivity contribution is -0.136. The minimum atomic E-state index is -0.943. The predicted molar refractivity (Wildman–Crippen MR) is 81.2 cm³/mol. The molecule has 1 aliphatic carbocycles. The summed E-state index contributed by atoms with van der Waals surface area (Å²) in [6.45, 7) is 0.135. The monoisotopic (exact) mass is 300 g/mol. The van der Waals surface area contributed by atoms with Gasteiger partial charge in [-0.25, -0.2) is 4.39 Å². The van der Waals surface area contributed by atoms with Gasteiger partial charge in [0, 0.05) is 5.41 Å². The van der Waals surface area contributed by atoms with E-state index in [1.54, 1.807) is 0 Å². The van der Waals surface area contributed by atoms with E-state index in [1.165, 1.54) is 18.2 Å². The zero-order valence-electron chi connectivity index (χ0n) is 12.1. The van der Waals surface area contributed by atoms with Crippen LogP contribution in [0.15, 0.2) is 42.5 Å². The number of aliphatic hydroxyl groups excluding tert-OH is 1. The summed E-state index contributed by atoms with van der Waals surface area (Å²) in [6.07, 6.45) is 1.82. The highest BCUT2D eigenvalue weighted by molar-refractivity contribution is 5.76. The second-order valence-electron chi connectivity index (χ2n) is 5.89. The fourth-order valence-electron chi connectivity index (χ4n) is 2.83. The topological polar surface area (TPSA) is 57.5 Å². The standard InChI is InChI=1S/C18H17FO3/c19-15-6-3-13(9-17(21)22)16(10-15)12-1-4-14(5-2-12)18(11-20)7-8-18/h1-6,10,20H,7-9,11H2,(H,21,22). The van der Waals surface area contributed by atoms with Crippen molar-refractivity contribution >= 4 is 5.97 Å². The lowest BCUT2D eigenvalue weighted by Crippen LogP contribution is -2.11. The molecule has 3 nitrogen and oxygen atoms in total. The first-order chi connectivity index (χ1) is 10.5. The van der Waals surface area contributed by atoms with E-state index in [-0.39, 0.29) is 24.3 Å². The maximum absolute atomic E-state index is 13.5. The van der Waals surface area contributed by atoms with Crippen LogP contribution in [0.1, 0.15) is 24.0 Å². The lowest BCUT2D eigenvalue weighted by atomic mass is 9.92. The summed E-state index contributed by atoms with van der Waals surface area (Å²) in [7, 11) is 0. The van der Waals surface area contributed by atoms with Gasteiger partial charge in [-0.15, -0.1) is 0 Å². The molecular weight excluding hydrogens is 283 g/mol. The molecule has 0 spiro atoms. The molecule has 114 valence electrons. The van der Waals surface area contributed by atoms with Crippen molar-refractivity contribution in [1.82, 2.24) is 0 Å². The largest absolute Gasteiger partial charge is 0.481 e. The van der Waals surface area contributed by atoms with E-state index in [0.29, 0.717) is 11.1 Å².